The molecule has 1 N–H and O–H groups in total. The largest absolute Gasteiger partial charge is 0.388 e. The van der Waals surface area contributed by atoms with E-state index in [0.717, 1.165) is 12.0 Å². The average Bonchev–Trinajstić information content (AvgIpc) is 2.62. The first-order valence-corrected chi connectivity index (χ1v) is 7.09. The molecule has 0 radical (unpaired) electrons. The first-order chi connectivity index (χ1) is 8.33. The van der Waals surface area contributed by atoms with Crippen LogP contribution in [0.1, 0.15) is 61.5 Å². The van der Waals surface area contributed by atoms with Crippen LogP contribution in [0.4, 0.5) is 0 Å². The Bertz CT molecular complexity index is 445. The molecule has 2 unspecified atom stereocenters. The summed E-state index contributed by atoms with van der Waals surface area (Å²) >= 11 is 0. The van der Waals surface area contributed by atoms with Crippen LogP contribution in [0.25, 0.3) is 0 Å². The van der Waals surface area contributed by atoms with Crippen LogP contribution >= 0.6 is 0 Å². The maximum absolute atomic E-state index is 10.8. The van der Waals surface area contributed by atoms with Crippen molar-refractivity contribution in [2.45, 2.75) is 60.0 Å². The maximum Gasteiger partial charge on any atom is 0.0825 e. The molecule has 0 heterocycles. The van der Waals surface area contributed by atoms with Gasteiger partial charge in [0, 0.05) is 0 Å². The third-order valence-corrected chi connectivity index (χ3v) is 4.92. The molecule has 0 aromatic heterocycles. The van der Waals surface area contributed by atoms with E-state index in [1.54, 1.807) is 0 Å². The highest BCUT2D eigenvalue weighted by Gasteiger charge is 2.39. The van der Waals surface area contributed by atoms with Crippen LogP contribution in [0.15, 0.2) is 12.1 Å². The van der Waals surface area contributed by atoms with Gasteiger partial charge >= 0.3 is 0 Å². The average molecular weight is 246 g/mol. The number of hydrogen-bond donors (Lipinski definition) is 1. The Morgan fingerprint density at radius 2 is 1.72 bits per heavy atom. The van der Waals surface area contributed by atoms with Crippen molar-refractivity contribution in [1.29, 1.82) is 0 Å². The number of benzene rings is 1. The van der Waals surface area contributed by atoms with Crippen molar-refractivity contribution in [2.75, 3.05) is 0 Å². The predicted molar refractivity (Wildman–Crippen MR) is 76.7 cm³/mol. The summed E-state index contributed by atoms with van der Waals surface area (Å²) in [4.78, 5) is 0. The van der Waals surface area contributed by atoms with Gasteiger partial charge in [-0.05, 0) is 67.2 Å². The predicted octanol–water partition coefficient (Wildman–Crippen LogP) is 4.47. The third kappa shape index (κ3) is 2.33. The van der Waals surface area contributed by atoms with Crippen LogP contribution in [-0.4, -0.2) is 5.11 Å². The highest BCUT2D eigenvalue weighted by Crippen LogP contribution is 2.49. The Hall–Kier alpha value is -0.820. The maximum atomic E-state index is 10.8. The van der Waals surface area contributed by atoms with Crippen LogP contribution < -0.4 is 0 Å². The lowest BCUT2D eigenvalue weighted by Gasteiger charge is -2.32. The molecular formula is C17H26O. The van der Waals surface area contributed by atoms with E-state index in [1.165, 1.54) is 29.5 Å². The van der Waals surface area contributed by atoms with Gasteiger partial charge in [0.15, 0.2) is 0 Å². The van der Waals surface area contributed by atoms with Crippen LogP contribution in [0, 0.1) is 32.1 Å². The molecule has 2 rings (SSSR count). The minimum atomic E-state index is -0.304. The smallest absolute Gasteiger partial charge is 0.0825 e. The highest BCUT2D eigenvalue weighted by molar-refractivity contribution is 5.38. The SMILES string of the molecule is Cc1cc(C)c(C(O)C2CCCC2(C)C)cc1C. The fourth-order valence-electron chi connectivity index (χ4n) is 3.46. The van der Waals surface area contributed by atoms with Gasteiger partial charge in [-0.1, -0.05) is 32.4 Å². The van der Waals surface area contributed by atoms with Crippen molar-refractivity contribution in [3.05, 3.63) is 34.4 Å². The monoisotopic (exact) mass is 246 g/mol. The number of aliphatic hydroxyl groups is 1. The Morgan fingerprint density at radius 1 is 1.11 bits per heavy atom. The van der Waals surface area contributed by atoms with Gasteiger partial charge in [-0.25, -0.2) is 0 Å². The molecular weight excluding hydrogens is 220 g/mol. The molecule has 1 heteroatoms. The second-order valence-electron chi connectivity index (χ2n) is 6.73. The Labute approximate surface area is 111 Å². The van der Waals surface area contributed by atoms with E-state index in [9.17, 15) is 5.11 Å². The normalized spacial score (nSPS) is 24.2. The number of aryl methyl sites for hydroxylation is 3. The summed E-state index contributed by atoms with van der Waals surface area (Å²) in [5, 5.41) is 10.8. The highest BCUT2D eigenvalue weighted by atomic mass is 16.3. The zero-order valence-electron chi connectivity index (χ0n) is 12.4. The van der Waals surface area contributed by atoms with Crippen molar-refractivity contribution in [2.24, 2.45) is 11.3 Å². The first-order valence-electron chi connectivity index (χ1n) is 7.09. The Morgan fingerprint density at radius 3 is 2.28 bits per heavy atom. The summed E-state index contributed by atoms with van der Waals surface area (Å²) in [5.74, 6) is 0.401. The minimum Gasteiger partial charge on any atom is -0.388 e. The minimum absolute atomic E-state index is 0.268. The molecule has 0 bridgehead atoms. The summed E-state index contributed by atoms with van der Waals surface area (Å²) in [5.41, 5.74) is 5.23. The van der Waals surface area contributed by atoms with E-state index < -0.39 is 0 Å². The Balaban J connectivity index is 2.34. The zero-order valence-corrected chi connectivity index (χ0v) is 12.4. The lowest BCUT2D eigenvalue weighted by molar-refractivity contribution is 0.0526. The molecule has 0 spiro atoms. The van der Waals surface area contributed by atoms with E-state index in [1.807, 2.05) is 0 Å². The summed E-state index contributed by atoms with van der Waals surface area (Å²) in [7, 11) is 0. The van der Waals surface area contributed by atoms with Crippen molar-refractivity contribution < 1.29 is 5.11 Å². The van der Waals surface area contributed by atoms with Gasteiger partial charge in [0.2, 0.25) is 0 Å². The van der Waals surface area contributed by atoms with E-state index in [0.29, 0.717) is 5.92 Å². The van der Waals surface area contributed by atoms with Gasteiger partial charge in [0.1, 0.15) is 0 Å². The van der Waals surface area contributed by atoms with Crippen LogP contribution in [-0.2, 0) is 0 Å². The summed E-state index contributed by atoms with van der Waals surface area (Å²) in [6.45, 7) is 11.0. The lowest BCUT2D eigenvalue weighted by atomic mass is 9.76. The van der Waals surface area contributed by atoms with E-state index in [2.05, 4.69) is 46.8 Å². The van der Waals surface area contributed by atoms with Gasteiger partial charge < -0.3 is 5.11 Å². The van der Waals surface area contributed by atoms with Crippen LogP contribution in [0.3, 0.4) is 0 Å². The quantitative estimate of drug-likeness (QED) is 0.816. The number of aliphatic hydroxyl groups excluding tert-OH is 1. The third-order valence-electron chi connectivity index (χ3n) is 4.92. The van der Waals surface area contributed by atoms with Gasteiger partial charge in [-0.2, -0.15) is 0 Å². The molecule has 0 aliphatic heterocycles. The molecule has 2 atom stereocenters. The topological polar surface area (TPSA) is 20.2 Å². The molecule has 1 fully saturated rings. The molecule has 1 aliphatic rings. The number of rotatable bonds is 2. The molecule has 1 aromatic rings. The summed E-state index contributed by atoms with van der Waals surface area (Å²) < 4.78 is 0. The number of hydrogen-bond acceptors (Lipinski definition) is 1. The zero-order chi connectivity index (χ0) is 13.5. The second kappa shape index (κ2) is 4.70. The van der Waals surface area contributed by atoms with E-state index >= 15 is 0 Å². The van der Waals surface area contributed by atoms with Gasteiger partial charge in [0.05, 0.1) is 6.10 Å². The molecule has 0 saturated heterocycles. The molecule has 1 aliphatic carbocycles. The molecule has 1 nitrogen and oxygen atoms in total. The molecule has 1 saturated carbocycles. The first kappa shape index (κ1) is 13.6. The molecule has 18 heavy (non-hydrogen) atoms. The molecule has 0 amide bonds. The fraction of sp³-hybridized carbons (Fsp3) is 0.647. The fourth-order valence-corrected chi connectivity index (χ4v) is 3.46. The Kier molecular flexibility index (Phi) is 3.55. The summed E-state index contributed by atoms with van der Waals surface area (Å²) in [6, 6.07) is 4.39. The van der Waals surface area contributed by atoms with E-state index in [-0.39, 0.29) is 11.5 Å². The van der Waals surface area contributed by atoms with Crippen molar-refractivity contribution >= 4 is 0 Å². The van der Waals surface area contributed by atoms with Gasteiger partial charge in [-0.15, -0.1) is 0 Å². The second-order valence-corrected chi connectivity index (χ2v) is 6.73. The molecule has 100 valence electrons. The van der Waals surface area contributed by atoms with Crippen molar-refractivity contribution in [3.8, 4) is 0 Å². The van der Waals surface area contributed by atoms with Crippen LogP contribution in [0.5, 0.6) is 0 Å². The van der Waals surface area contributed by atoms with E-state index in [4.69, 9.17) is 0 Å². The van der Waals surface area contributed by atoms with Crippen LogP contribution in [0.2, 0.25) is 0 Å². The standard InChI is InChI=1S/C17H26O/c1-11-9-13(3)14(10-12(11)2)16(18)15-7-6-8-17(15,4)5/h9-10,15-16,18H,6-8H2,1-5H3. The lowest BCUT2D eigenvalue weighted by Crippen LogP contribution is -2.24. The van der Waals surface area contributed by atoms with Gasteiger partial charge in [-0.3, -0.25) is 0 Å². The van der Waals surface area contributed by atoms with Gasteiger partial charge in [0.25, 0.3) is 0 Å². The van der Waals surface area contributed by atoms with Crippen molar-refractivity contribution in [3.63, 3.8) is 0 Å². The van der Waals surface area contributed by atoms with Crippen molar-refractivity contribution in [1.82, 2.24) is 0 Å². The summed E-state index contributed by atoms with van der Waals surface area (Å²) in [6.07, 6.45) is 3.33. The molecule has 1 aromatic carbocycles.